The monoisotopic (exact) mass is 460 g/mol. The van der Waals surface area contributed by atoms with Crippen molar-refractivity contribution in [2.24, 2.45) is 0 Å². The van der Waals surface area contributed by atoms with Gasteiger partial charge in [-0.05, 0) is 37.1 Å². The molecule has 0 aliphatic heterocycles. The third-order valence-electron chi connectivity index (χ3n) is 4.20. The zero-order valence-electron chi connectivity index (χ0n) is 15.9. The number of rotatable bonds is 11. The van der Waals surface area contributed by atoms with Crippen LogP contribution in [0.2, 0.25) is 0 Å². The van der Waals surface area contributed by atoms with Crippen molar-refractivity contribution in [1.29, 1.82) is 0 Å². The summed E-state index contributed by atoms with van der Waals surface area (Å²) in [5.41, 5.74) is 0. The lowest BCUT2D eigenvalue weighted by molar-refractivity contribution is 0.402. The predicted molar refractivity (Wildman–Crippen MR) is 108 cm³/mol. The van der Waals surface area contributed by atoms with E-state index < -0.39 is 43.0 Å². The molecule has 0 radical (unpaired) electrons. The first-order valence-corrected chi connectivity index (χ1v) is 12.0. The SMILES string of the molecule is O=S(=O)(NCCCCCCNS(=O)(=O)c1ccc(O)c(O)c1)c1ccc(O)c(O)c1. The van der Waals surface area contributed by atoms with E-state index in [2.05, 4.69) is 9.44 Å². The topological polar surface area (TPSA) is 173 Å². The van der Waals surface area contributed by atoms with Crippen LogP contribution in [-0.2, 0) is 20.0 Å². The summed E-state index contributed by atoms with van der Waals surface area (Å²) in [4.78, 5) is -0.319. The minimum atomic E-state index is -3.80. The molecule has 0 aliphatic rings. The van der Waals surface area contributed by atoms with E-state index in [0.717, 1.165) is 24.3 Å². The molecule has 2 aromatic carbocycles. The van der Waals surface area contributed by atoms with E-state index in [9.17, 15) is 37.3 Å². The first-order valence-electron chi connectivity index (χ1n) is 9.06. The van der Waals surface area contributed by atoms with Gasteiger partial charge in [-0.25, -0.2) is 26.3 Å². The van der Waals surface area contributed by atoms with Gasteiger partial charge >= 0.3 is 0 Å². The van der Waals surface area contributed by atoms with Crippen molar-refractivity contribution in [3.8, 4) is 23.0 Å². The molecule has 0 saturated heterocycles. The fourth-order valence-corrected chi connectivity index (χ4v) is 4.71. The second kappa shape index (κ2) is 9.98. The maximum Gasteiger partial charge on any atom is 0.240 e. The average Bonchev–Trinajstić information content (AvgIpc) is 2.68. The Morgan fingerprint density at radius 2 is 0.933 bits per heavy atom. The van der Waals surface area contributed by atoms with Crippen LogP contribution in [0.1, 0.15) is 25.7 Å². The fraction of sp³-hybridized carbons (Fsp3) is 0.333. The van der Waals surface area contributed by atoms with Gasteiger partial charge in [-0.1, -0.05) is 12.8 Å². The van der Waals surface area contributed by atoms with E-state index in [-0.39, 0.29) is 22.9 Å². The van der Waals surface area contributed by atoms with Crippen LogP contribution in [-0.4, -0.2) is 50.4 Å². The summed E-state index contributed by atoms with van der Waals surface area (Å²) >= 11 is 0. The highest BCUT2D eigenvalue weighted by Gasteiger charge is 2.16. The quantitative estimate of drug-likeness (QED) is 0.215. The zero-order chi connectivity index (χ0) is 22.4. The predicted octanol–water partition coefficient (Wildman–Crippen LogP) is 1.33. The number of aromatic hydroxyl groups is 4. The molecular weight excluding hydrogens is 436 g/mol. The normalized spacial score (nSPS) is 12.1. The minimum absolute atomic E-state index is 0.160. The molecule has 0 spiro atoms. The number of phenols is 4. The molecule has 2 rings (SSSR count). The summed E-state index contributed by atoms with van der Waals surface area (Å²) in [5, 5.41) is 37.3. The summed E-state index contributed by atoms with van der Waals surface area (Å²) in [5.74, 6) is -1.87. The van der Waals surface area contributed by atoms with Gasteiger partial charge < -0.3 is 20.4 Å². The van der Waals surface area contributed by atoms with Gasteiger partial charge in [-0.15, -0.1) is 0 Å². The van der Waals surface area contributed by atoms with Gasteiger partial charge in [0.15, 0.2) is 23.0 Å². The molecule has 12 heteroatoms. The molecule has 6 N–H and O–H groups in total. The number of benzene rings is 2. The molecule has 0 bridgehead atoms. The molecule has 0 saturated carbocycles. The second-order valence-corrected chi connectivity index (χ2v) is 10.0. The highest BCUT2D eigenvalue weighted by atomic mass is 32.2. The minimum Gasteiger partial charge on any atom is -0.504 e. The molecule has 0 fully saturated rings. The molecule has 0 unspecified atom stereocenters. The van der Waals surface area contributed by atoms with Crippen molar-refractivity contribution >= 4 is 20.0 Å². The maximum absolute atomic E-state index is 12.1. The molecule has 2 aromatic rings. The Balaban J connectivity index is 1.68. The van der Waals surface area contributed by atoms with Crippen LogP contribution in [0.4, 0.5) is 0 Å². The number of unbranched alkanes of at least 4 members (excludes halogenated alkanes) is 3. The molecule has 166 valence electrons. The summed E-state index contributed by atoms with van der Waals surface area (Å²) in [6.07, 6.45) is 2.37. The Kier molecular flexibility index (Phi) is 7.89. The molecule has 0 amide bonds. The highest BCUT2D eigenvalue weighted by molar-refractivity contribution is 7.89. The Morgan fingerprint density at radius 1 is 0.567 bits per heavy atom. The summed E-state index contributed by atoms with van der Waals surface area (Å²) in [6, 6.07) is 6.44. The van der Waals surface area contributed by atoms with Gasteiger partial charge in [-0.3, -0.25) is 0 Å². The van der Waals surface area contributed by atoms with E-state index in [0.29, 0.717) is 25.7 Å². The molecule has 10 nitrogen and oxygen atoms in total. The van der Waals surface area contributed by atoms with Crippen molar-refractivity contribution < 1.29 is 37.3 Å². The number of phenolic OH excluding ortho intramolecular Hbond substituents is 4. The van der Waals surface area contributed by atoms with E-state index in [1.807, 2.05) is 0 Å². The number of hydrogen-bond donors (Lipinski definition) is 6. The third-order valence-corrected chi connectivity index (χ3v) is 7.12. The van der Waals surface area contributed by atoms with Crippen molar-refractivity contribution in [2.45, 2.75) is 35.5 Å². The summed E-state index contributed by atoms with van der Waals surface area (Å²) < 4.78 is 53.2. The Labute approximate surface area is 174 Å². The van der Waals surface area contributed by atoms with Crippen LogP contribution in [0.25, 0.3) is 0 Å². The lowest BCUT2D eigenvalue weighted by atomic mass is 10.2. The van der Waals surface area contributed by atoms with Crippen molar-refractivity contribution in [3.05, 3.63) is 36.4 Å². The van der Waals surface area contributed by atoms with Crippen LogP contribution in [0.3, 0.4) is 0 Å². The molecule has 0 aromatic heterocycles. The summed E-state index contributed by atoms with van der Waals surface area (Å²) in [7, 11) is -7.61. The molecule has 0 heterocycles. The van der Waals surface area contributed by atoms with Crippen LogP contribution < -0.4 is 9.44 Å². The molecule has 30 heavy (non-hydrogen) atoms. The fourth-order valence-electron chi connectivity index (χ4n) is 2.52. The molecule has 0 aliphatic carbocycles. The zero-order valence-corrected chi connectivity index (χ0v) is 17.6. The smallest absolute Gasteiger partial charge is 0.240 e. The lowest BCUT2D eigenvalue weighted by Gasteiger charge is -2.09. The second-order valence-electron chi connectivity index (χ2n) is 6.51. The first kappa shape index (κ1) is 23.7. The third kappa shape index (κ3) is 6.49. The Hall–Kier alpha value is -2.54. The average molecular weight is 461 g/mol. The van der Waals surface area contributed by atoms with Crippen LogP contribution >= 0.6 is 0 Å². The van der Waals surface area contributed by atoms with Gasteiger partial charge in [0, 0.05) is 25.2 Å². The number of sulfonamides is 2. The van der Waals surface area contributed by atoms with Crippen molar-refractivity contribution in [3.63, 3.8) is 0 Å². The van der Waals surface area contributed by atoms with Gasteiger partial charge in [0.1, 0.15) is 0 Å². The van der Waals surface area contributed by atoms with Gasteiger partial charge in [0.05, 0.1) is 9.79 Å². The molecule has 0 atom stereocenters. The molecular formula is C18H24N2O8S2. The van der Waals surface area contributed by atoms with Gasteiger partial charge in [0.25, 0.3) is 0 Å². The maximum atomic E-state index is 12.1. The largest absolute Gasteiger partial charge is 0.504 e. The van der Waals surface area contributed by atoms with Gasteiger partial charge in [-0.2, -0.15) is 0 Å². The van der Waals surface area contributed by atoms with Crippen LogP contribution in [0, 0.1) is 0 Å². The van der Waals surface area contributed by atoms with E-state index in [1.165, 1.54) is 12.1 Å². The number of hydrogen-bond acceptors (Lipinski definition) is 8. The van der Waals surface area contributed by atoms with Gasteiger partial charge in [0.2, 0.25) is 20.0 Å². The standard InChI is InChI=1S/C18H24N2O8S2/c21-15-7-5-13(11-17(15)23)29(25,26)19-9-3-1-2-4-10-20-30(27,28)14-6-8-16(22)18(24)12-14/h5-8,11-12,19-24H,1-4,9-10H2. The van der Waals surface area contributed by atoms with Crippen LogP contribution in [0.5, 0.6) is 23.0 Å². The Bertz CT molecular complexity index is 998. The number of nitrogens with one attached hydrogen (secondary N) is 2. The van der Waals surface area contributed by atoms with Crippen molar-refractivity contribution in [2.75, 3.05) is 13.1 Å². The lowest BCUT2D eigenvalue weighted by Crippen LogP contribution is -2.25. The van der Waals surface area contributed by atoms with E-state index in [4.69, 9.17) is 0 Å². The highest BCUT2D eigenvalue weighted by Crippen LogP contribution is 2.27. The van der Waals surface area contributed by atoms with E-state index in [1.54, 1.807) is 0 Å². The van der Waals surface area contributed by atoms with Crippen LogP contribution in [0.15, 0.2) is 46.2 Å². The first-order chi connectivity index (χ1) is 14.0. The summed E-state index contributed by atoms with van der Waals surface area (Å²) in [6.45, 7) is 0.338. The van der Waals surface area contributed by atoms with Crippen molar-refractivity contribution in [1.82, 2.24) is 9.44 Å². The Morgan fingerprint density at radius 3 is 1.27 bits per heavy atom. The van der Waals surface area contributed by atoms with E-state index >= 15 is 0 Å².